The molecule has 1 aliphatic heterocycles. The summed E-state index contributed by atoms with van der Waals surface area (Å²) < 4.78 is 5.43. The van der Waals surface area contributed by atoms with E-state index in [1.165, 1.54) is 4.90 Å². The van der Waals surface area contributed by atoms with Crippen LogP contribution in [0, 0.1) is 20.8 Å². The molecule has 36 heavy (non-hydrogen) atoms. The van der Waals surface area contributed by atoms with Crippen LogP contribution in [0.4, 0.5) is 5.69 Å². The molecule has 1 atom stereocenters. The summed E-state index contributed by atoms with van der Waals surface area (Å²) in [6.07, 6.45) is 0. The molecule has 0 radical (unpaired) electrons. The Morgan fingerprint density at radius 1 is 0.889 bits per heavy atom. The van der Waals surface area contributed by atoms with E-state index in [-0.39, 0.29) is 16.7 Å². The van der Waals surface area contributed by atoms with Crippen molar-refractivity contribution in [3.05, 3.63) is 99.6 Å². The van der Waals surface area contributed by atoms with E-state index in [1.807, 2.05) is 75.4 Å². The predicted molar refractivity (Wildman–Crippen MR) is 144 cm³/mol. The number of ether oxygens (including phenoxy) is 1. The summed E-state index contributed by atoms with van der Waals surface area (Å²) in [5.74, 6) is -0.948. The van der Waals surface area contributed by atoms with Crippen molar-refractivity contribution in [2.45, 2.75) is 53.0 Å². The Hall–Kier alpha value is -3.86. The first-order valence-electron chi connectivity index (χ1n) is 12.1. The van der Waals surface area contributed by atoms with Gasteiger partial charge in [-0.3, -0.25) is 14.5 Å². The van der Waals surface area contributed by atoms with Gasteiger partial charge in [-0.25, -0.2) is 0 Å². The number of aliphatic hydroxyl groups excluding tert-OH is 1. The van der Waals surface area contributed by atoms with Crippen LogP contribution in [0.2, 0.25) is 0 Å². The number of benzene rings is 3. The molecule has 0 aromatic heterocycles. The largest absolute Gasteiger partial charge is 0.507 e. The van der Waals surface area contributed by atoms with Gasteiger partial charge >= 0.3 is 0 Å². The summed E-state index contributed by atoms with van der Waals surface area (Å²) in [4.78, 5) is 28.5. The molecule has 3 aromatic carbocycles. The summed E-state index contributed by atoms with van der Waals surface area (Å²) in [7, 11) is 1.57. The lowest BCUT2D eigenvalue weighted by molar-refractivity contribution is -0.132. The second-order valence-corrected chi connectivity index (χ2v) is 10.5. The summed E-state index contributed by atoms with van der Waals surface area (Å²) in [6, 6.07) is 18.0. The molecule has 1 saturated heterocycles. The van der Waals surface area contributed by atoms with Crippen LogP contribution in [0.5, 0.6) is 5.75 Å². The number of nitrogens with zero attached hydrogens (tertiary/aromatic N) is 1. The molecule has 5 heteroatoms. The first-order valence-corrected chi connectivity index (χ1v) is 12.1. The fourth-order valence-electron chi connectivity index (χ4n) is 4.59. The van der Waals surface area contributed by atoms with Gasteiger partial charge in [0.1, 0.15) is 11.5 Å². The zero-order chi connectivity index (χ0) is 26.4. The van der Waals surface area contributed by atoms with Crippen LogP contribution >= 0.6 is 0 Å². The number of hydrogen-bond acceptors (Lipinski definition) is 4. The Bertz CT molecular complexity index is 1390. The zero-order valence-electron chi connectivity index (χ0n) is 22.0. The van der Waals surface area contributed by atoms with Gasteiger partial charge in [0.15, 0.2) is 0 Å². The maximum Gasteiger partial charge on any atom is 0.300 e. The predicted octanol–water partition coefficient (Wildman–Crippen LogP) is 6.54. The number of aliphatic hydroxyl groups is 1. The standard InChI is InChI=1S/C31H33NO4/c1-18-12-14-23(15-20(18)3)32-27(21-9-8-10-24(16-21)36-7)26(29(34)30(32)35)28(33)25-17-22(31(4,5)6)13-11-19(25)2/h8-17,27,33H,1-7H3/b28-26+. The monoisotopic (exact) mass is 483 g/mol. The van der Waals surface area contributed by atoms with Crippen molar-refractivity contribution in [3.63, 3.8) is 0 Å². The van der Waals surface area contributed by atoms with E-state index in [1.54, 1.807) is 13.2 Å². The second kappa shape index (κ2) is 9.30. The molecule has 1 unspecified atom stereocenters. The Morgan fingerprint density at radius 3 is 2.22 bits per heavy atom. The van der Waals surface area contributed by atoms with E-state index in [2.05, 4.69) is 20.8 Å². The first-order chi connectivity index (χ1) is 16.9. The minimum Gasteiger partial charge on any atom is -0.507 e. The number of hydrogen-bond donors (Lipinski definition) is 1. The third-order valence-corrected chi connectivity index (χ3v) is 6.98. The highest BCUT2D eigenvalue weighted by Gasteiger charge is 2.47. The van der Waals surface area contributed by atoms with Crippen molar-refractivity contribution < 1.29 is 19.4 Å². The quantitative estimate of drug-likeness (QED) is 0.260. The number of Topliss-reactive ketones (excluding diaryl/α,β-unsaturated/α-hetero) is 1. The topological polar surface area (TPSA) is 66.8 Å². The molecular formula is C31H33NO4. The molecule has 0 bridgehead atoms. The lowest BCUT2D eigenvalue weighted by Gasteiger charge is -2.26. The SMILES string of the molecule is COc1cccc(C2/C(=C(\O)c3cc(C(C)(C)C)ccc3C)C(=O)C(=O)N2c2ccc(C)c(C)c2)c1. The number of carbonyl (C=O) groups excluding carboxylic acids is 2. The first kappa shape index (κ1) is 25.2. The average molecular weight is 484 g/mol. The molecule has 1 fully saturated rings. The van der Waals surface area contributed by atoms with Crippen LogP contribution in [0.15, 0.2) is 66.2 Å². The Morgan fingerprint density at radius 2 is 1.58 bits per heavy atom. The summed E-state index contributed by atoms with van der Waals surface area (Å²) in [5.41, 5.74) is 5.69. The molecule has 3 aromatic rings. The number of anilines is 1. The molecule has 5 nitrogen and oxygen atoms in total. The van der Waals surface area contributed by atoms with Crippen molar-refractivity contribution >= 4 is 23.1 Å². The lowest BCUT2D eigenvalue weighted by atomic mass is 9.84. The molecule has 1 heterocycles. The number of aryl methyl sites for hydroxylation is 3. The molecular weight excluding hydrogens is 450 g/mol. The van der Waals surface area contributed by atoms with Crippen LogP contribution in [-0.4, -0.2) is 23.9 Å². The Labute approximate surface area is 213 Å². The van der Waals surface area contributed by atoms with E-state index in [9.17, 15) is 14.7 Å². The molecule has 0 aliphatic carbocycles. The van der Waals surface area contributed by atoms with Crippen molar-refractivity contribution in [1.29, 1.82) is 0 Å². The normalized spacial score (nSPS) is 17.5. The van der Waals surface area contributed by atoms with Crippen LogP contribution < -0.4 is 9.64 Å². The van der Waals surface area contributed by atoms with Crippen molar-refractivity contribution in [2.24, 2.45) is 0 Å². The van der Waals surface area contributed by atoms with Crippen LogP contribution in [-0.2, 0) is 15.0 Å². The number of rotatable bonds is 4. The molecule has 0 spiro atoms. The zero-order valence-corrected chi connectivity index (χ0v) is 22.0. The van der Waals surface area contributed by atoms with Gasteiger partial charge in [-0.15, -0.1) is 0 Å². The lowest BCUT2D eigenvalue weighted by Crippen LogP contribution is -2.29. The summed E-state index contributed by atoms with van der Waals surface area (Å²) in [6.45, 7) is 12.1. The van der Waals surface area contributed by atoms with Gasteiger partial charge in [-0.05, 0) is 84.3 Å². The maximum atomic E-state index is 13.5. The van der Waals surface area contributed by atoms with E-state index in [0.29, 0.717) is 22.6 Å². The molecule has 1 amide bonds. The minimum absolute atomic E-state index is 0.0700. The third-order valence-electron chi connectivity index (χ3n) is 6.98. The van der Waals surface area contributed by atoms with Crippen molar-refractivity contribution in [2.75, 3.05) is 12.0 Å². The van der Waals surface area contributed by atoms with Gasteiger partial charge in [0.05, 0.1) is 18.7 Å². The van der Waals surface area contributed by atoms with Gasteiger partial charge in [-0.1, -0.05) is 51.1 Å². The highest BCUT2D eigenvalue weighted by molar-refractivity contribution is 6.51. The van der Waals surface area contributed by atoms with E-state index < -0.39 is 17.7 Å². The minimum atomic E-state index is -0.806. The number of carbonyl (C=O) groups is 2. The highest BCUT2D eigenvalue weighted by Crippen LogP contribution is 2.43. The molecule has 1 N–H and O–H groups in total. The Kier molecular flexibility index (Phi) is 6.52. The van der Waals surface area contributed by atoms with E-state index in [4.69, 9.17) is 4.74 Å². The number of methoxy groups -OCH3 is 1. The fourth-order valence-corrected chi connectivity index (χ4v) is 4.59. The van der Waals surface area contributed by atoms with Crippen molar-refractivity contribution in [1.82, 2.24) is 0 Å². The van der Waals surface area contributed by atoms with Gasteiger partial charge < -0.3 is 9.84 Å². The summed E-state index contributed by atoms with van der Waals surface area (Å²) >= 11 is 0. The Balaban J connectivity index is 2.00. The number of ketones is 1. The molecule has 1 aliphatic rings. The van der Waals surface area contributed by atoms with Crippen LogP contribution in [0.3, 0.4) is 0 Å². The second-order valence-electron chi connectivity index (χ2n) is 10.5. The van der Waals surface area contributed by atoms with Crippen molar-refractivity contribution in [3.8, 4) is 5.75 Å². The molecule has 0 saturated carbocycles. The highest BCUT2D eigenvalue weighted by atomic mass is 16.5. The maximum absolute atomic E-state index is 13.5. The van der Waals surface area contributed by atoms with Gasteiger partial charge in [0.2, 0.25) is 0 Å². The van der Waals surface area contributed by atoms with E-state index in [0.717, 1.165) is 22.3 Å². The third kappa shape index (κ3) is 4.41. The van der Waals surface area contributed by atoms with Gasteiger partial charge in [0, 0.05) is 11.3 Å². The van der Waals surface area contributed by atoms with Crippen LogP contribution in [0.1, 0.15) is 60.2 Å². The average Bonchev–Trinajstić information content (AvgIpc) is 3.10. The number of amides is 1. The smallest absolute Gasteiger partial charge is 0.300 e. The molecule has 4 rings (SSSR count). The van der Waals surface area contributed by atoms with Gasteiger partial charge in [-0.2, -0.15) is 0 Å². The fraction of sp³-hybridized carbons (Fsp3) is 0.290. The molecule has 186 valence electrons. The van der Waals surface area contributed by atoms with E-state index >= 15 is 0 Å². The van der Waals surface area contributed by atoms with Crippen LogP contribution in [0.25, 0.3) is 5.76 Å². The summed E-state index contributed by atoms with van der Waals surface area (Å²) in [5, 5.41) is 11.6. The van der Waals surface area contributed by atoms with Gasteiger partial charge in [0.25, 0.3) is 11.7 Å².